The molecule has 0 saturated heterocycles. The van der Waals surface area contributed by atoms with Gasteiger partial charge in [0.1, 0.15) is 5.75 Å². The molecule has 116 valence electrons. The molecule has 1 amide bonds. The first-order valence-electron chi connectivity index (χ1n) is 7.98. The van der Waals surface area contributed by atoms with Gasteiger partial charge in [-0.1, -0.05) is 13.8 Å². The Balaban J connectivity index is 1.58. The maximum atomic E-state index is 12.7. The minimum Gasteiger partial charge on any atom is -0.508 e. The summed E-state index contributed by atoms with van der Waals surface area (Å²) >= 11 is 1.55. The number of carbonyl (C=O) groups excluding carboxylic acids is 1. The number of amides is 1. The zero-order valence-corrected chi connectivity index (χ0v) is 13.7. The van der Waals surface area contributed by atoms with Crippen LogP contribution in [0.1, 0.15) is 43.5 Å². The number of fused-ring (bicyclic) bond motifs is 3. The summed E-state index contributed by atoms with van der Waals surface area (Å²) in [7, 11) is 0. The number of thiophene rings is 1. The number of benzene rings is 1. The lowest BCUT2D eigenvalue weighted by Crippen LogP contribution is -2.59. The number of phenolic OH excluding ortho intramolecular Hbond substituents is 1. The van der Waals surface area contributed by atoms with E-state index in [4.69, 9.17) is 0 Å². The summed E-state index contributed by atoms with van der Waals surface area (Å²) in [5, 5.41) is 15.7. The van der Waals surface area contributed by atoms with Crippen LogP contribution in [0.4, 0.5) is 0 Å². The number of aromatic hydroxyl groups is 1. The normalized spacial score (nSPS) is 29.1. The standard InChI is InChI=1S/C18H21NO2S/c1-18(2)10-3-5-15(14(18)7-10)19-17(21)13-9-22-16-6-4-11(20)8-12(13)16/h4,6,8-10,14-15,20H,3,5,7H2,1-2H3,(H,19,21). The molecule has 3 atom stereocenters. The van der Waals surface area contributed by atoms with Gasteiger partial charge in [-0.25, -0.2) is 0 Å². The first-order chi connectivity index (χ1) is 10.5. The van der Waals surface area contributed by atoms with E-state index in [0.717, 1.165) is 22.4 Å². The molecule has 3 fully saturated rings. The number of nitrogens with one attached hydrogen (secondary N) is 1. The molecular weight excluding hydrogens is 294 g/mol. The highest BCUT2D eigenvalue weighted by Gasteiger charge is 2.54. The molecule has 1 aromatic heterocycles. The van der Waals surface area contributed by atoms with E-state index in [0.29, 0.717) is 22.9 Å². The van der Waals surface area contributed by atoms with Gasteiger partial charge in [-0.3, -0.25) is 4.79 Å². The highest BCUT2D eigenvalue weighted by atomic mass is 32.1. The Morgan fingerprint density at radius 1 is 1.36 bits per heavy atom. The molecule has 1 aromatic carbocycles. The van der Waals surface area contributed by atoms with Gasteiger partial charge < -0.3 is 10.4 Å². The predicted molar refractivity (Wildman–Crippen MR) is 89.4 cm³/mol. The molecule has 0 radical (unpaired) electrons. The van der Waals surface area contributed by atoms with E-state index >= 15 is 0 Å². The topological polar surface area (TPSA) is 49.3 Å². The summed E-state index contributed by atoms with van der Waals surface area (Å²) in [6.07, 6.45) is 3.57. The van der Waals surface area contributed by atoms with Crippen LogP contribution in [0.15, 0.2) is 23.6 Å². The fourth-order valence-electron chi connectivity index (χ4n) is 4.42. The van der Waals surface area contributed by atoms with Crippen molar-refractivity contribution in [1.29, 1.82) is 0 Å². The number of rotatable bonds is 2. The Morgan fingerprint density at radius 2 is 2.18 bits per heavy atom. The van der Waals surface area contributed by atoms with Crippen molar-refractivity contribution in [3.8, 4) is 5.75 Å². The third-order valence-electron chi connectivity index (χ3n) is 5.98. The molecule has 5 rings (SSSR count). The fourth-order valence-corrected chi connectivity index (χ4v) is 5.34. The smallest absolute Gasteiger partial charge is 0.252 e. The van der Waals surface area contributed by atoms with Gasteiger partial charge in [0, 0.05) is 21.5 Å². The van der Waals surface area contributed by atoms with Crippen molar-refractivity contribution >= 4 is 27.3 Å². The van der Waals surface area contributed by atoms with Gasteiger partial charge >= 0.3 is 0 Å². The lowest BCUT2D eigenvalue weighted by Gasteiger charge is -2.60. The molecule has 3 saturated carbocycles. The van der Waals surface area contributed by atoms with Gasteiger partial charge in [-0.15, -0.1) is 11.3 Å². The van der Waals surface area contributed by atoms with Crippen LogP contribution in [-0.4, -0.2) is 17.1 Å². The van der Waals surface area contributed by atoms with Gasteiger partial charge in [-0.05, 0) is 54.7 Å². The lowest BCUT2D eigenvalue weighted by molar-refractivity contribution is -0.0843. The summed E-state index contributed by atoms with van der Waals surface area (Å²) in [5.74, 6) is 1.65. The molecule has 4 heteroatoms. The van der Waals surface area contributed by atoms with Crippen molar-refractivity contribution in [1.82, 2.24) is 5.32 Å². The van der Waals surface area contributed by atoms with Crippen LogP contribution in [0.2, 0.25) is 0 Å². The van der Waals surface area contributed by atoms with E-state index in [1.807, 2.05) is 11.4 Å². The summed E-state index contributed by atoms with van der Waals surface area (Å²) < 4.78 is 1.04. The molecule has 2 bridgehead atoms. The van der Waals surface area contributed by atoms with Gasteiger partial charge in [0.15, 0.2) is 0 Å². The van der Waals surface area contributed by atoms with Crippen LogP contribution in [0.3, 0.4) is 0 Å². The van der Waals surface area contributed by atoms with Crippen molar-refractivity contribution < 1.29 is 9.90 Å². The second kappa shape index (κ2) is 4.72. The second-order valence-corrected chi connectivity index (χ2v) is 8.26. The minimum absolute atomic E-state index is 0.00278. The van der Waals surface area contributed by atoms with Gasteiger partial charge in [-0.2, -0.15) is 0 Å². The zero-order valence-electron chi connectivity index (χ0n) is 12.9. The van der Waals surface area contributed by atoms with E-state index in [2.05, 4.69) is 19.2 Å². The summed E-state index contributed by atoms with van der Waals surface area (Å²) in [6, 6.07) is 5.51. The summed E-state index contributed by atoms with van der Waals surface area (Å²) in [4.78, 5) is 12.7. The van der Waals surface area contributed by atoms with Crippen LogP contribution in [-0.2, 0) is 0 Å². The minimum atomic E-state index is 0.00278. The molecule has 3 unspecified atom stereocenters. The van der Waals surface area contributed by atoms with Gasteiger partial charge in [0.25, 0.3) is 5.91 Å². The van der Waals surface area contributed by atoms with Crippen molar-refractivity contribution in [3.05, 3.63) is 29.1 Å². The number of hydrogen-bond acceptors (Lipinski definition) is 3. The summed E-state index contributed by atoms with van der Waals surface area (Å²) in [5.41, 5.74) is 1.06. The number of carbonyl (C=O) groups is 1. The maximum Gasteiger partial charge on any atom is 0.252 e. The third kappa shape index (κ3) is 1.97. The van der Waals surface area contributed by atoms with Crippen LogP contribution in [0.5, 0.6) is 5.75 Å². The molecule has 22 heavy (non-hydrogen) atoms. The Kier molecular flexibility index (Phi) is 3.02. The second-order valence-electron chi connectivity index (χ2n) is 7.35. The van der Waals surface area contributed by atoms with Crippen LogP contribution < -0.4 is 5.32 Å². The van der Waals surface area contributed by atoms with Crippen LogP contribution in [0, 0.1) is 17.3 Å². The fraction of sp³-hybridized carbons (Fsp3) is 0.500. The SMILES string of the molecule is CC1(C)C2CCC(NC(=O)c3csc4ccc(O)cc34)C1C2. The summed E-state index contributed by atoms with van der Waals surface area (Å²) in [6.45, 7) is 4.67. The van der Waals surface area contributed by atoms with E-state index in [-0.39, 0.29) is 11.7 Å². The molecular formula is C18H21NO2S. The Hall–Kier alpha value is -1.55. The maximum absolute atomic E-state index is 12.7. The lowest BCUT2D eigenvalue weighted by atomic mass is 9.47. The predicted octanol–water partition coefficient (Wildman–Crippen LogP) is 4.16. The van der Waals surface area contributed by atoms with E-state index < -0.39 is 0 Å². The first kappa shape index (κ1) is 14.1. The van der Waals surface area contributed by atoms with Crippen molar-refractivity contribution in [2.24, 2.45) is 17.3 Å². The highest BCUT2D eigenvalue weighted by molar-refractivity contribution is 7.17. The third-order valence-corrected chi connectivity index (χ3v) is 6.94. The number of phenols is 1. The Labute approximate surface area is 134 Å². The van der Waals surface area contributed by atoms with Crippen molar-refractivity contribution in [2.45, 2.75) is 39.2 Å². The molecule has 2 N–H and O–H groups in total. The Bertz CT molecular complexity index is 747. The molecule has 3 nitrogen and oxygen atoms in total. The van der Waals surface area contributed by atoms with E-state index in [1.165, 1.54) is 12.8 Å². The zero-order chi connectivity index (χ0) is 15.5. The van der Waals surface area contributed by atoms with Crippen LogP contribution in [0.25, 0.3) is 10.1 Å². The first-order valence-corrected chi connectivity index (χ1v) is 8.86. The molecule has 2 aromatic rings. The van der Waals surface area contributed by atoms with Gasteiger partial charge in [0.05, 0.1) is 5.56 Å². The average molecular weight is 315 g/mol. The largest absolute Gasteiger partial charge is 0.508 e. The molecule has 1 heterocycles. The monoisotopic (exact) mass is 315 g/mol. The highest BCUT2D eigenvalue weighted by Crippen LogP contribution is 2.59. The van der Waals surface area contributed by atoms with Gasteiger partial charge in [0.2, 0.25) is 0 Å². The number of hydrogen-bond donors (Lipinski definition) is 2. The molecule has 0 aliphatic heterocycles. The van der Waals surface area contributed by atoms with Crippen molar-refractivity contribution in [3.63, 3.8) is 0 Å². The molecule has 3 aliphatic rings. The molecule has 3 aliphatic carbocycles. The van der Waals surface area contributed by atoms with E-state index in [1.54, 1.807) is 23.5 Å². The van der Waals surface area contributed by atoms with E-state index in [9.17, 15) is 9.90 Å². The van der Waals surface area contributed by atoms with Crippen LogP contribution >= 0.6 is 11.3 Å². The van der Waals surface area contributed by atoms with Crippen molar-refractivity contribution in [2.75, 3.05) is 0 Å². The Morgan fingerprint density at radius 3 is 2.91 bits per heavy atom. The quantitative estimate of drug-likeness (QED) is 0.874. The average Bonchev–Trinajstić information content (AvgIpc) is 2.90. The molecule has 0 spiro atoms.